The standard InChI is InChI=1S/C16H22FN3O/c17-14-4-1-3-13(11-14)12-20-8-2-5-15(20)16(21)19-9-6-18-7-10-19/h1,3-4,11,15,18H,2,5-10,12H2. The summed E-state index contributed by atoms with van der Waals surface area (Å²) in [6.07, 6.45) is 1.95. The summed E-state index contributed by atoms with van der Waals surface area (Å²) in [5.74, 6) is 0.0297. The van der Waals surface area contributed by atoms with Gasteiger partial charge in [-0.25, -0.2) is 4.39 Å². The Morgan fingerprint density at radius 1 is 1.29 bits per heavy atom. The van der Waals surface area contributed by atoms with Crippen LogP contribution in [-0.2, 0) is 11.3 Å². The molecule has 2 aliphatic rings. The van der Waals surface area contributed by atoms with Crippen molar-refractivity contribution in [2.45, 2.75) is 25.4 Å². The van der Waals surface area contributed by atoms with E-state index in [0.717, 1.165) is 51.1 Å². The van der Waals surface area contributed by atoms with Crippen LogP contribution in [-0.4, -0.2) is 54.5 Å². The molecule has 2 aliphatic heterocycles. The Morgan fingerprint density at radius 2 is 2.10 bits per heavy atom. The second-order valence-corrected chi connectivity index (χ2v) is 5.83. The van der Waals surface area contributed by atoms with Crippen LogP contribution >= 0.6 is 0 Å². The molecule has 1 N–H and O–H groups in total. The third-order valence-corrected chi connectivity index (χ3v) is 4.35. The Hall–Kier alpha value is -1.46. The first kappa shape index (κ1) is 14.5. The molecule has 114 valence electrons. The molecular weight excluding hydrogens is 269 g/mol. The largest absolute Gasteiger partial charge is 0.339 e. The van der Waals surface area contributed by atoms with E-state index in [1.54, 1.807) is 12.1 Å². The minimum Gasteiger partial charge on any atom is -0.339 e. The van der Waals surface area contributed by atoms with Crippen LogP contribution in [0.4, 0.5) is 4.39 Å². The lowest BCUT2D eigenvalue weighted by molar-refractivity contribution is -0.136. The molecule has 1 atom stereocenters. The van der Waals surface area contributed by atoms with Gasteiger partial charge in [0.1, 0.15) is 5.82 Å². The summed E-state index contributed by atoms with van der Waals surface area (Å²) in [6.45, 7) is 4.91. The molecule has 4 nitrogen and oxygen atoms in total. The lowest BCUT2D eigenvalue weighted by Crippen LogP contribution is -2.52. The van der Waals surface area contributed by atoms with Crippen LogP contribution in [0.25, 0.3) is 0 Å². The molecule has 0 aliphatic carbocycles. The van der Waals surface area contributed by atoms with E-state index in [-0.39, 0.29) is 17.8 Å². The zero-order chi connectivity index (χ0) is 14.7. The lowest BCUT2D eigenvalue weighted by atomic mass is 10.1. The van der Waals surface area contributed by atoms with Gasteiger partial charge in [0.05, 0.1) is 6.04 Å². The molecule has 1 aromatic carbocycles. The van der Waals surface area contributed by atoms with E-state index >= 15 is 0 Å². The van der Waals surface area contributed by atoms with Gasteiger partial charge in [-0.3, -0.25) is 9.69 Å². The van der Waals surface area contributed by atoms with Crippen molar-refractivity contribution >= 4 is 5.91 Å². The van der Waals surface area contributed by atoms with Crippen molar-refractivity contribution in [3.63, 3.8) is 0 Å². The molecule has 21 heavy (non-hydrogen) atoms. The summed E-state index contributed by atoms with van der Waals surface area (Å²) in [4.78, 5) is 16.8. The highest BCUT2D eigenvalue weighted by molar-refractivity contribution is 5.82. The molecule has 2 saturated heterocycles. The minimum atomic E-state index is -0.211. The van der Waals surface area contributed by atoms with Gasteiger partial charge in [0.25, 0.3) is 0 Å². The average molecular weight is 291 g/mol. The van der Waals surface area contributed by atoms with E-state index in [9.17, 15) is 9.18 Å². The number of nitrogens with one attached hydrogen (secondary N) is 1. The highest BCUT2D eigenvalue weighted by Crippen LogP contribution is 2.22. The van der Waals surface area contributed by atoms with Crippen LogP contribution in [0.1, 0.15) is 18.4 Å². The van der Waals surface area contributed by atoms with Gasteiger partial charge < -0.3 is 10.2 Å². The van der Waals surface area contributed by atoms with Crippen molar-refractivity contribution in [3.8, 4) is 0 Å². The minimum absolute atomic E-state index is 0.0358. The first-order valence-electron chi connectivity index (χ1n) is 7.72. The molecule has 1 amide bonds. The van der Waals surface area contributed by atoms with Crippen LogP contribution in [0.3, 0.4) is 0 Å². The lowest BCUT2D eigenvalue weighted by Gasteiger charge is -2.33. The fourth-order valence-electron chi connectivity index (χ4n) is 3.26. The number of carbonyl (C=O) groups excluding carboxylic acids is 1. The Balaban J connectivity index is 1.66. The fourth-order valence-corrected chi connectivity index (χ4v) is 3.26. The van der Waals surface area contributed by atoms with E-state index in [4.69, 9.17) is 0 Å². The van der Waals surface area contributed by atoms with Gasteiger partial charge in [-0.1, -0.05) is 12.1 Å². The van der Waals surface area contributed by atoms with Crippen molar-refractivity contribution in [2.75, 3.05) is 32.7 Å². The third-order valence-electron chi connectivity index (χ3n) is 4.35. The SMILES string of the molecule is O=C(C1CCCN1Cc1cccc(F)c1)N1CCNCC1. The fraction of sp³-hybridized carbons (Fsp3) is 0.562. The first-order chi connectivity index (χ1) is 10.2. The highest BCUT2D eigenvalue weighted by atomic mass is 19.1. The molecule has 5 heteroatoms. The van der Waals surface area contributed by atoms with Crippen molar-refractivity contribution in [1.82, 2.24) is 15.1 Å². The second-order valence-electron chi connectivity index (χ2n) is 5.83. The molecule has 0 spiro atoms. The molecule has 0 saturated carbocycles. The summed E-state index contributed by atoms with van der Waals surface area (Å²) < 4.78 is 13.3. The quantitative estimate of drug-likeness (QED) is 0.909. The maximum atomic E-state index is 13.3. The number of amides is 1. The molecule has 2 fully saturated rings. The summed E-state index contributed by atoms with van der Waals surface area (Å²) in [5, 5.41) is 3.27. The summed E-state index contributed by atoms with van der Waals surface area (Å²) in [6, 6.07) is 6.63. The number of hydrogen-bond acceptors (Lipinski definition) is 3. The zero-order valence-electron chi connectivity index (χ0n) is 12.2. The molecule has 0 radical (unpaired) electrons. The van der Waals surface area contributed by atoms with Gasteiger partial charge in [0.15, 0.2) is 0 Å². The predicted octanol–water partition coefficient (Wildman–Crippen LogP) is 1.22. The van der Waals surface area contributed by atoms with Crippen LogP contribution in [0.5, 0.6) is 0 Å². The van der Waals surface area contributed by atoms with Gasteiger partial charge in [0, 0.05) is 32.7 Å². The number of halogens is 1. The van der Waals surface area contributed by atoms with E-state index < -0.39 is 0 Å². The van der Waals surface area contributed by atoms with Gasteiger partial charge >= 0.3 is 0 Å². The molecule has 1 unspecified atom stereocenters. The highest BCUT2D eigenvalue weighted by Gasteiger charge is 2.33. The van der Waals surface area contributed by atoms with Gasteiger partial charge in [-0.15, -0.1) is 0 Å². The molecule has 1 aromatic rings. The topological polar surface area (TPSA) is 35.6 Å². The summed E-state index contributed by atoms with van der Waals surface area (Å²) >= 11 is 0. The van der Waals surface area contributed by atoms with Gasteiger partial charge in [0.2, 0.25) is 5.91 Å². The number of carbonyl (C=O) groups is 1. The maximum Gasteiger partial charge on any atom is 0.240 e. The Morgan fingerprint density at radius 3 is 2.86 bits per heavy atom. The van der Waals surface area contributed by atoms with Crippen LogP contribution in [0.15, 0.2) is 24.3 Å². The van der Waals surface area contributed by atoms with Crippen LogP contribution in [0.2, 0.25) is 0 Å². The molecule has 2 heterocycles. The second kappa shape index (κ2) is 6.54. The smallest absolute Gasteiger partial charge is 0.240 e. The number of benzene rings is 1. The van der Waals surface area contributed by atoms with E-state index in [0.29, 0.717) is 6.54 Å². The molecule has 0 bridgehead atoms. The van der Waals surface area contributed by atoms with Crippen molar-refractivity contribution < 1.29 is 9.18 Å². The van der Waals surface area contributed by atoms with Gasteiger partial charge in [-0.05, 0) is 37.1 Å². The third kappa shape index (κ3) is 3.41. The molecular formula is C16H22FN3O. The van der Waals surface area contributed by atoms with Crippen LogP contribution in [0, 0.1) is 5.82 Å². The van der Waals surface area contributed by atoms with E-state index in [1.807, 2.05) is 11.0 Å². The number of rotatable bonds is 3. The van der Waals surface area contributed by atoms with E-state index in [2.05, 4.69) is 10.2 Å². The Labute approximate surface area is 124 Å². The van der Waals surface area contributed by atoms with Gasteiger partial charge in [-0.2, -0.15) is 0 Å². The van der Waals surface area contributed by atoms with E-state index in [1.165, 1.54) is 6.07 Å². The molecule has 3 rings (SSSR count). The first-order valence-corrected chi connectivity index (χ1v) is 7.72. The summed E-state index contributed by atoms with van der Waals surface area (Å²) in [5.41, 5.74) is 0.940. The number of nitrogens with zero attached hydrogens (tertiary/aromatic N) is 2. The maximum absolute atomic E-state index is 13.3. The number of hydrogen-bond donors (Lipinski definition) is 1. The zero-order valence-corrected chi connectivity index (χ0v) is 12.2. The Bertz CT molecular complexity index is 502. The average Bonchev–Trinajstić information content (AvgIpc) is 2.95. The van der Waals surface area contributed by atoms with Crippen molar-refractivity contribution in [3.05, 3.63) is 35.6 Å². The van der Waals surface area contributed by atoms with Crippen LogP contribution < -0.4 is 5.32 Å². The monoisotopic (exact) mass is 291 g/mol. The number of piperazine rings is 1. The Kier molecular flexibility index (Phi) is 4.51. The summed E-state index contributed by atoms with van der Waals surface area (Å²) in [7, 11) is 0. The van der Waals surface area contributed by atoms with Crippen molar-refractivity contribution in [2.24, 2.45) is 0 Å². The predicted molar refractivity (Wildman–Crippen MR) is 79.3 cm³/mol. The van der Waals surface area contributed by atoms with Crippen molar-refractivity contribution in [1.29, 1.82) is 0 Å². The normalized spacial score (nSPS) is 23.5. The molecule has 0 aromatic heterocycles. The number of likely N-dealkylation sites (tertiary alicyclic amines) is 1.